The van der Waals surface area contributed by atoms with Gasteiger partial charge in [0.05, 0.1) is 5.41 Å². The lowest BCUT2D eigenvalue weighted by molar-refractivity contribution is -0.131. The Morgan fingerprint density at radius 2 is 2.11 bits per heavy atom. The van der Waals surface area contributed by atoms with Crippen LogP contribution in [0.4, 0.5) is 5.95 Å². The molecule has 102 valence electrons. The van der Waals surface area contributed by atoms with Crippen molar-refractivity contribution >= 4 is 11.9 Å². The molecule has 7 heteroatoms. The number of nitrogens with two attached hydrogens (primary N) is 2. The van der Waals surface area contributed by atoms with Crippen LogP contribution in [0.25, 0.3) is 0 Å². The van der Waals surface area contributed by atoms with Crippen molar-refractivity contribution in [2.75, 3.05) is 18.8 Å². The summed E-state index contributed by atoms with van der Waals surface area (Å²) < 4.78 is 4.85. The summed E-state index contributed by atoms with van der Waals surface area (Å²) in [5.74, 6) is 0.497. The number of anilines is 1. The van der Waals surface area contributed by atoms with E-state index in [1.807, 2.05) is 13.8 Å². The summed E-state index contributed by atoms with van der Waals surface area (Å²) in [6.07, 6.45) is 1.91. The number of hydrogen-bond donors (Lipinski definition) is 3. The van der Waals surface area contributed by atoms with Crippen LogP contribution in [-0.2, 0) is 11.2 Å². The van der Waals surface area contributed by atoms with Gasteiger partial charge < -0.3 is 21.3 Å². The molecule has 1 aromatic heterocycles. The smallest absolute Gasteiger partial charge is 0.260 e. The first-order valence-electron chi connectivity index (χ1n) is 6.14. The molecule has 0 fully saturated rings. The molecule has 18 heavy (non-hydrogen) atoms. The van der Waals surface area contributed by atoms with E-state index in [0.717, 1.165) is 12.8 Å². The van der Waals surface area contributed by atoms with Crippen molar-refractivity contribution in [1.82, 2.24) is 15.5 Å². The van der Waals surface area contributed by atoms with Crippen molar-refractivity contribution in [3.63, 3.8) is 0 Å². The molecule has 0 saturated heterocycles. The van der Waals surface area contributed by atoms with Crippen LogP contribution in [-0.4, -0.2) is 29.1 Å². The second-order valence-electron chi connectivity index (χ2n) is 4.24. The Morgan fingerprint density at radius 3 is 2.56 bits per heavy atom. The van der Waals surface area contributed by atoms with Gasteiger partial charge in [-0.15, -0.1) is 0 Å². The molecule has 0 aromatic carbocycles. The molecule has 7 nitrogen and oxygen atoms in total. The van der Waals surface area contributed by atoms with Gasteiger partial charge in [0.15, 0.2) is 0 Å². The van der Waals surface area contributed by atoms with Crippen LogP contribution in [0.1, 0.15) is 32.6 Å². The number of nitrogens with zero attached hydrogens (tertiary/aromatic N) is 2. The van der Waals surface area contributed by atoms with Gasteiger partial charge in [0, 0.05) is 19.5 Å². The monoisotopic (exact) mass is 255 g/mol. The largest absolute Gasteiger partial charge is 0.365 e. The fourth-order valence-electron chi connectivity index (χ4n) is 1.79. The third-order valence-electron chi connectivity index (χ3n) is 3.33. The van der Waals surface area contributed by atoms with E-state index in [9.17, 15) is 4.79 Å². The van der Waals surface area contributed by atoms with Gasteiger partial charge in [-0.3, -0.25) is 4.79 Å². The molecule has 0 aliphatic carbocycles. The highest BCUT2D eigenvalue weighted by molar-refractivity contribution is 5.82. The summed E-state index contributed by atoms with van der Waals surface area (Å²) in [7, 11) is 0. The lowest BCUT2D eigenvalue weighted by Gasteiger charge is -2.28. The molecule has 5 N–H and O–H groups in total. The van der Waals surface area contributed by atoms with E-state index in [-0.39, 0.29) is 11.9 Å². The fourth-order valence-corrected chi connectivity index (χ4v) is 1.79. The Hall–Kier alpha value is -1.63. The zero-order chi connectivity index (χ0) is 13.6. The minimum absolute atomic E-state index is 0.0255. The Kier molecular flexibility index (Phi) is 5.08. The van der Waals surface area contributed by atoms with Crippen LogP contribution in [0.3, 0.4) is 0 Å². The maximum atomic E-state index is 12.1. The van der Waals surface area contributed by atoms with Gasteiger partial charge in [0.2, 0.25) is 11.8 Å². The molecule has 0 spiro atoms. The number of carbonyl (C=O) groups is 1. The normalized spacial score (nSPS) is 11.5. The van der Waals surface area contributed by atoms with Crippen LogP contribution < -0.4 is 16.8 Å². The number of carbonyl (C=O) groups excluding carboxylic acids is 1. The lowest BCUT2D eigenvalue weighted by atomic mass is 9.81. The highest BCUT2D eigenvalue weighted by Crippen LogP contribution is 2.24. The first-order chi connectivity index (χ1) is 8.57. The molecule has 0 aliphatic rings. The van der Waals surface area contributed by atoms with Gasteiger partial charge in [-0.2, -0.15) is 4.98 Å². The Morgan fingerprint density at radius 1 is 1.44 bits per heavy atom. The summed E-state index contributed by atoms with van der Waals surface area (Å²) in [5.41, 5.74) is 10.5. The number of nitrogens with one attached hydrogen (secondary N) is 1. The minimum atomic E-state index is -0.478. The van der Waals surface area contributed by atoms with Gasteiger partial charge in [-0.25, -0.2) is 0 Å². The van der Waals surface area contributed by atoms with Gasteiger partial charge in [0.1, 0.15) is 0 Å². The highest BCUT2D eigenvalue weighted by Gasteiger charge is 2.32. The minimum Gasteiger partial charge on any atom is -0.365 e. The second-order valence-corrected chi connectivity index (χ2v) is 4.24. The van der Waals surface area contributed by atoms with Crippen LogP contribution in [0, 0.1) is 5.41 Å². The Bertz CT molecular complexity index is 378. The molecular weight excluding hydrogens is 234 g/mol. The number of aromatic nitrogens is 2. The fraction of sp³-hybridized carbons (Fsp3) is 0.727. The lowest BCUT2D eigenvalue weighted by Crippen LogP contribution is -2.45. The molecule has 1 heterocycles. The van der Waals surface area contributed by atoms with E-state index in [1.165, 1.54) is 0 Å². The summed E-state index contributed by atoms with van der Waals surface area (Å²) in [6.45, 7) is 4.71. The van der Waals surface area contributed by atoms with Gasteiger partial charge in [-0.1, -0.05) is 13.8 Å². The van der Waals surface area contributed by atoms with Gasteiger partial charge in [-0.05, 0) is 18.0 Å². The summed E-state index contributed by atoms with van der Waals surface area (Å²) in [5, 5.41) is 6.32. The average molecular weight is 255 g/mol. The Balaban J connectivity index is 2.45. The van der Waals surface area contributed by atoms with Crippen molar-refractivity contribution in [1.29, 1.82) is 0 Å². The maximum Gasteiger partial charge on any atom is 0.260 e. The SMILES string of the molecule is CCC(CC)(CN)C(=O)NCCc1nc(N)no1. The maximum absolute atomic E-state index is 12.1. The van der Waals surface area contributed by atoms with Crippen molar-refractivity contribution in [3.05, 3.63) is 5.89 Å². The van der Waals surface area contributed by atoms with E-state index in [0.29, 0.717) is 25.4 Å². The molecule has 0 aliphatic heterocycles. The van der Waals surface area contributed by atoms with Crippen LogP contribution in [0.2, 0.25) is 0 Å². The van der Waals surface area contributed by atoms with Crippen molar-refractivity contribution in [2.45, 2.75) is 33.1 Å². The summed E-state index contributed by atoms with van der Waals surface area (Å²) in [4.78, 5) is 15.9. The molecule has 1 amide bonds. The number of rotatable bonds is 7. The molecular formula is C11H21N5O2. The molecule has 0 bridgehead atoms. The second kappa shape index (κ2) is 6.34. The first kappa shape index (κ1) is 14.4. The molecule has 0 radical (unpaired) electrons. The first-order valence-corrected chi connectivity index (χ1v) is 6.14. The predicted molar refractivity (Wildman–Crippen MR) is 67.5 cm³/mol. The van der Waals surface area contributed by atoms with Gasteiger partial charge >= 0.3 is 0 Å². The third-order valence-corrected chi connectivity index (χ3v) is 3.33. The summed E-state index contributed by atoms with van der Waals surface area (Å²) in [6, 6.07) is 0. The highest BCUT2D eigenvalue weighted by atomic mass is 16.5. The zero-order valence-corrected chi connectivity index (χ0v) is 10.9. The quantitative estimate of drug-likeness (QED) is 0.634. The standard InChI is InChI=1S/C11H21N5O2/c1-3-11(4-2,7-12)9(17)14-6-5-8-15-10(13)16-18-8/h3-7,12H2,1-2H3,(H2,13,16)(H,14,17). The summed E-state index contributed by atoms with van der Waals surface area (Å²) >= 11 is 0. The third kappa shape index (κ3) is 3.19. The van der Waals surface area contributed by atoms with E-state index in [2.05, 4.69) is 15.5 Å². The van der Waals surface area contributed by atoms with Crippen LogP contribution >= 0.6 is 0 Å². The van der Waals surface area contributed by atoms with Crippen molar-refractivity contribution in [2.24, 2.45) is 11.1 Å². The van der Waals surface area contributed by atoms with E-state index >= 15 is 0 Å². The molecule has 1 rings (SSSR count). The topological polar surface area (TPSA) is 120 Å². The number of hydrogen-bond acceptors (Lipinski definition) is 6. The molecule has 0 saturated carbocycles. The number of nitrogen functional groups attached to an aromatic ring is 1. The number of amides is 1. The molecule has 1 aromatic rings. The van der Waals surface area contributed by atoms with Crippen LogP contribution in [0.15, 0.2) is 4.52 Å². The Labute approximate surface area is 106 Å². The van der Waals surface area contributed by atoms with E-state index < -0.39 is 5.41 Å². The van der Waals surface area contributed by atoms with Gasteiger partial charge in [0.25, 0.3) is 5.95 Å². The molecule has 0 unspecified atom stereocenters. The zero-order valence-electron chi connectivity index (χ0n) is 10.9. The van der Waals surface area contributed by atoms with E-state index in [4.69, 9.17) is 16.0 Å². The predicted octanol–water partition coefficient (Wildman–Crippen LogP) is 0.0756. The molecule has 0 atom stereocenters. The van der Waals surface area contributed by atoms with Crippen molar-refractivity contribution < 1.29 is 9.32 Å². The average Bonchev–Trinajstić information content (AvgIpc) is 2.78. The van der Waals surface area contributed by atoms with Crippen LogP contribution in [0.5, 0.6) is 0 Å². The van der Waals surface area contributed by atoms with Crippen molar-refractivity contribution in [3.8, 4) is 0 Å². The van der Waals surface area contributed by atoms with E-state index in [1.54, 1.807) is 0 Å².